The maximum absolute atomic E-state index is 12.7. The Bertz CT molecular complexity index is 958. The van der Waals surface area contributed by atoms with Gasteiger partial charge in [0.1, 0.15) is 17.8 Å². The van der Waals surface area contributed by atoms with Crippen LogP contribution < -0.4 is 14.8 Å². The first-order valence-electron chi connectivity index (χ1n) is 8.43. The van der Waals surface area contributed by atoms with Gasteiger partial charge in [-0.3, -0.25) is 10.1 Å². The number of hydrogen-bond acceptors (Lipinski definition) is 9. The van der Waals surface area contributed by atoms with E-state index < -0.39 is 0 Å². The van der Waals surface area contributed by atoms with Gasteiger partial charge in [0.25, 0.3) is 0 Å². The highest BCUT2D eigenvalue weighted by atomic mass is 32.2. The Hall–Kier alpha value is -2.66. The van der Waals surface area contributed by atoms with Gasteiger partial charge in [-0.05, 0) is 24.6 Å². The van der Waals surface area contributed by atoms with Crippen LogP contribution in [0.5, 0.6) is 11.5 Å². The van der Waals surface area contributed by atoms with Crippen LogP contribution in [0.3, 0.4) is 0 Å². The summed E-state index contributed by atoms with van der Waals surface area (Å²) in [4.78, 5) is 12.7. The van der Waals surface area contributed by atoms with Crippen molar-refractivity contribution >= 4 is 34.1 Å². The summed E-state index contributed by atoms with van der Waals surface area (Å²) in [5.41, 5.74) is 0.750. The van der Waals surface area contributed by atoms with Gasteiger partial charge >= 0.3 is 0 Å². The van der Waals surface area contributed by atoms with Crippen molar-refractivity contribution in [1.82, 2.24) is 25.0 Å². The Morgan fingerprint density at radius 1 is 1.29 bits per heavy atom. The molecule has 9 nitrogen and oxygen atoms in total. The molecule has 0 aliphatic heterocycles. The SMILES string of the molecule is CCC(Sc1nncn1C)C(=O)Nc1nnc(-c2cc(OC)ccc2OC)s1. The second-order valence-corrected chi connectivity index (χ2v) is 7.85. The van der Waals surface area contributed by atoms with Crippen LogP contribution in [0.1, 0.15) is 13.3 Å². The molecular formula is C17H20N6O3S2. The van der Waals surface area contributed by atoms with Crippen LogP contribution in [-0.4, -0.2) is 50.3 Å². The Morgan fingerprint density at radius 2 is 2.11 bits per heavy atom. The van der Waals surface area contributed by atoms with Gasteiger partial charge in [-0.2, -0.15) is 0 Å². The second kappa shape index (κ2) is 9.02. The molecule has 1 unspecified atom stereocenters. The second-order valence-electron chi connectivity index (χ2n) is 5.71. The first kappa shape index (κ1) is 20.1. The van der Waals surface area contributed by atoms with E-state index in [0.29, 0.717) is 33.2 Å². The molecule has 0 saturated heterocycles. The number of rotatable bonds is 8. The number of amides is 1. The minimum Gasteiger partial charge on any atom is -0.497 e. The smallest absolute Gasteiger partial charge is 0.239 e. The molecule has 11 heteroatoms. The summed E-state index contributed by atoms with van der Waals surface area (Å²) < 4.78 is 12.4. The van der Waals surface area contributed by atoms with Crippen molar-refractivity contribution in [1.29, 1.82) is 0 Å². The molecule has 3 aromatic rings. The lowest BCUT2D eigenvalue weighted by molar-refractivity contribution is -0.115. The van der Waals surface area contributed by atoms with Gasteiger partial charge < -0.3 is 14.0 Å². The highest BCUT2D eigenvalue weighted by molar-refractivity contribution is 8.00. The van der Waals surface area contributed by atoms with Crippen LogP contribution in [0, 0.1) is 0 Å². The normalized spacial score (nSPS) is 11.9. The van der Waals surface area contributed by atoms with E-state index >= 15 is 0 Å². The molecule has 0 aliphatic carbocycles. The molecule has 28 heavy (non-hydrogen) atoms. The molecule has 2 aromatic heterocycles. The van der Waals surface area contributed by atoms with Gasteiger partial charge in [0.2, 0.25) is 11.0 Å². The Morgan fingerprint density at radius 3 is 2.75 bits per heavy atom. The van der Waals surface area contributed by atoms with E-state index in [0.717, 1.165) is 5.56 Å². The predicted molar refractivity (Wildman–Crippen MR) is 108 cm³/mol. The van der Waals surface area contributed by atoms with E-state index in [1.807, 2.05) is 26.1 Å². The summed E-state index contributed by atoms with van der Waals surface area (Å²) >= 11 is 2.63. The fraction of sp³-hybridized carbons (Fsp3) is 0.353. The van der Waals surface area contributed by atoms with Crippen LogP contribution in [0.25, 0.3) is 10.6 Å². The molecule has 0 spiro atoms. The van der Waals surface area contributed by atoms with Crippen LogP contribution in [0.4, 0.5) is 5.13 Å². The molecule has 1 amide bonds. The summed E-state index contributed by atoms with van der Waals surface area (Å²) in [6.07, 6.45) is 2.24. The number of anilines is 1. The summed E-state index contributed by atoms with van der Waals surface area (Å²) in [5, 5.41) is 20.4. The number of methoxy groups -OCH3 is 2. The monoisotopic (exact) mass is 420 g/mol. The molecule has 0 saturated carbocycles. The van der Waals surface area contributed by atoms with Crippen molar-refractivity contribution in [2.75, 3.05) is 19.5 Å². The third kappa shape index (κ3) is 4.42. The molecular weight excluding hydrogens is 400 g/mol. The topological polar surface area (TPSA) is 104 Å². The molecule has 0 aliphatic rings. The van der Waals surface area contributed by atoms with Crippen LogP contribution in [0.2, 0.25) is 0 Å². The maximum Gasteiger partial charge on any atom is 0.239 e. The molecule has 1 atom stereocenters. The molecule has 0 radical (unpaired) electrons. The lowest BCUT2D eigenvalue weighted by Gasteiger charge is -2.12. The van der Waals surface area contributed by atoms with Crippen LogP contribution >= 0.6 is 23.1 Å². The van der Waals surface area contributed by atoms with E-state index in [1.165, 1.54) is 23.1 Å². The third-order valence-corrected chi connectivity index (χ3v) is 6.16. The van der Waals surface area contributed by atoms with Gasteiger partial charge in [-0.15, -0.1) is 20.4 Å². The van der Waals surface area contributed by atoms with Gasteiger partial charge in [0.15, 0.2) is 10.2 Å². The van der Waals surface area contributed by atoms with Gasteiger partial charge in [0.05, 0.1) is 25.0 Å². The molecule has 0 bridgehead atoms. The van der Waals surface area contributed by atoms with Crippen molar-refractivity contribution in [3.8, 4) is 22.1 Å². The lowest BCUT2D eigenvalue weighted by atomic mass is 10.2. The fourth-order valence-electron chi connectivity index (χ4n) is 2.38. The van der Waals surface area contributed by atoms with Gasteiger partial charge in [-0.25, -0.2) is 0 Å². The molecule has 2 heterocycles. The highest BCUT2D eigenvalue weighted by Gasteiger charge is 2.22. The van der Waals surface area contributed by atoms with Crippen molar-refractivity contribution in [3.63, 3.8) is 0 Å². The number of carbonyl (C=O) groups excluding carboxylic acids is 1. The summed E-state index contributed by atoms with van der Waals surface area (Å²) in [7, 11) is 5.02. The van der Waals surface area contributed by atoms with E-state index in [1.54, 1.807) is 31.2 Å². The average Bonchev–Trinajstić information content (AvgIpc) is 3.34. The lowest BCUT2D eigenvalue weighted by Crippen LogP contribution is -2.24. The van der Waals surface area contributed by atoms with E-state index in [-0.39, 0.29) is 11.2 Å². The standard InChI is InChI=1S/C17H20N6O3S2/c1-5-13(27-17-22-18-9-23(17)2)14(24)19-16-21-20-15(28-16)11-8-10(25-3)6-7-12(11)26-4/h6-9,13H,5H2,1-4H3,(H,19,21,24). The molecule has 1 aromatic carbocycles. The predicted octanol–water partition coefficient (Wildman–Crippen LogP) is 2.86. The molecule has 1 N–H and O–H groups in total. The Labute approximate surface area is 170 Å². The number of benzene rings is 1. The Kier molecular flexibility index (Phi) is 6.47. The first-order valence-corrected chi connectivity index (χ1v) is 10.1. The summed E-state index contributed by atoms with van der Waals surface area (Å²) in [5.74, 6) is 1.18. The highest BCUT2D eigenvalue weighted by Crippen LogP contribution is 2.36. The number of nitrogens with one attached hydrogen (secondary N) is 1. The number of thioether (sulfide) groups is 1. The summed E-state index contributed by atoms with van der Waals surface area (Å²) in [6, 6.07) is 5.43. The van der Waals surface area contributed by atoms with Gasteiger partial charge in [0, 0.05) is 7.05 Å². The van der Waals surface area contributed by atoms with Crippen LogP contribution in [-0.2, 0) is 11.8 Å². The van der Waals surface area contributed by atoms with Crippen molar-refractivity contribution in [3.05, 3.63) is 24.5 Å². The van der Waals surface area contributed by atoms with E-state index in [2.05, 4.69) is 25.7 Å². The number of ether oxygens (including phenoxy) is 2. The van der Waals surface area contributed by atoms with E-state index in [9.17, 15) is 4.79 Å². The number of aromatic nitrogens is 5. The number of aryl methyl sites for hydroxylation is 1. The number of nitrogens with zero attached hydrogens (tertiary/aromatic N) is 5. The number of hydrogen-bond donors (Lipinski definition) is 1. The van der Waals surface area contributed by atoms with Crippen LogP contribution in [0.15, 0.2) is 29.7 Å². The molecule has 148 valence electrons. The van der Waals surface area contributed by atoms with Gasteiger partial charge in [-0.1, -0.05) is 30.0 Å². The summed E-state index contributed by atoms with van der Waals surface area (Å²) in [6.45, 7) is 1.94. The molecule has 0 fully saturated rings. The van der Waals surface area contributed by atoms with E-state index in [4.69, 9.17) is 9.47 Å². The zero-order valence-corrected chi connectivity index (χ0v) is 17.5. The maximum atomic E-state index is 12.7. The molecule has 3 rings (SSSR count). The third-order valence-electron chi connectivity index (χ3n) is 3.87. The average molecular weight is 421 g/mol. The van der Waals surface area contributed by atoms with Crippen molar-refractivity contribution in [2.45, 2.75) is 23.8 Å². The quantitative estimate of drug-likeness (QED) is 0.555. The minimum absolute atomic E-state index is 0.157. The number of carbonyl (C=O) groups is 1. The largest absolute Gasteiger partial charge is 0.497 e. The van der Waals surface area contributed by atoms with Crippen molar-refractivity contribution in [2.24, 2.45) is 7.05 Å². The first-order chi connectivity index (χ1) is 13.5. The Balaban J connectivity index is 1.75. The minimum atomic E-state index is -0.318. The fourth-order valence-corrected chi connectivity index (χ4v) is 4.04. The van der Waals surface area contributed by atoms with Crippen molar-refractivity contribution < 1.29 is 14.3 Å². The zero-order chi connectivity index (χ0) is 20.1. The zero-order valence-electron chi connectivity index (χ0n) is 15.9.